The monoisotopic (exact) mass is 329 g/mol. The van der Waals surface area contributed by atoms with Gasteiger partial charge in [0.2, 0.25) is 5.91 Å². The van der Waals surface area contributed by atoms with Gasteiger partial charge in [-0.05, 0) is 11.6 Å². The molecule has 0 saturated heterocycles. The van der Waals surface area contributed by atoms with Crippen molar-refractivity contribution < 1.29 is 9.53 Å². The Morgan fingerprint density at radius 2 is 1.78 bits per heavy atom. The standard InChI is InChI=1S/C19H23NO2S/c1-20(14-17-10-6-7-11-18(17)22-2)19(21)12-13-23-15-16-8-4-3-5-9-16/h3-11H,12-15H2,1-2H3. The van der Waals surface area contributed by atoms with Crippen LogP contribution in [-0.4, -0.2) is 30.7 Å². The molecule has 23 heavy (non-hydrogen) atoms. The molecule has 2 aromatic carbocycles. The van der Waals surface area contributed by atoms with Crippen molar-refractivity contribution in [3.63, 3.8) is 0 Å². The van der Waals surface area contributed by atoms with Gasteiger partial charge in [-0.3, -0.25) is 4.79 Å². The van der Waals surface area contributed by atoms with Gasteiger partial charge < -0.3 is 9.64 Å². The highest BCUT2D eigenvalue weighted by atomic mass is 32.2. The van der Waals surface area contributed by atoms with E-state index in [2.05, 4.69) is 12.1 Å². The molecule has 3 nitrogen and oxygen atoms in total. The lowest BCUT2D eigenvalue weighted by Crippen LogP contribution is -2.26. The highest BCUT2D eigenvalue weighted by Crippen LogP contribution is 2.19. The topological polar surface area (TPSA) is 29.5 Å². The van der Waals surface area contributed by atoms with Gasteiger partial charge in [0.05, 0.1) is 7.11 Å². The van der Waals surface area contributed by atoms with Crippen LogP contribution in [0, 0.1) is 0 Å². The third-order valence-corrected chi connectivity index (χ3v) is 4.63. The molecule has 0 spiro atoms. The van der Waals surface area contributed by atoms with Crippen molar-refractivity contribution in [2.24, 2.45) is 0 Å². The van der Waals surface area contributed by atoms with E-state index in [0.717, 1.165) is 22.8 Å². The molecule has 0 fully saturated rings. The Balaban J connectivity index is 1.74. The van der Waals surface area contributed by atoms with Crippen molar-refractivity contribution in [2.75, 3.05) is 19.9 Å². The average Bonchev–Trinajstić information content (AvgIpc) is 2.60. The van der Waals surface area contributed by atoms with Gasteiger partial charge in [-0.2, -0.15) is 11.8 Å². The number of carbonyl (C=O) groups is 1. The lowest BCUT2D eigenvalue weighted by molar-refractivity contribution is -0.129. The van der Waals surface area contributed by atoms with Gasteiger partial charge in [-0.25, -0.2) is 0 Å². The minimum absolute atomic E-state index is 0.163. The number of methoxy groups -OCH3 is 1. The molecule has 0 atom stereocenters. The number of ether oxygens (including phenoxy) is 1. The predicted molar refractivity (Wildman–Crippen MR) is 96.7 cm³/mol. The lowest BCUT2D eigenvalue weighted by atomic mass is 10.2. The second-order valence-electron chi connectivity index (χ2n) is 5.35. The first-order valence-corrected chi connectivity index (χ1v) is 8.83. The van der Waals surface area contributed by atoms with Gasteiger partial charge in [0.15, 0.2) is 0 Å². The fraction of sp³-hybridized carbons (Fsp3) is 0.316. The minimum atomic E-state index is 0.163. The van der Waals surface area contributed by atoms with Crippen molar-refractivity contribution in [3.8, 4) is 5.75 Å². The van der Waals surface area contributed by atoms with E-state index in [1.807, 2.05) is 49.5 Å². The molecule has 0 aliphatic rings. The van der Waals surface area contributed by atoms with Gasteiger partial charge >= 0.3 is 0 Å². The van der Waals surface area contributed by atoms with Crippen LogP contribution < -0.4 is 4.74 Å². The van der Waals surface area contributed by atoms with Gasteiger partial charge in [0.1, 0.15) is 5.75 Å². The summed E-state index contributed by atoms with van der Waals surface area (Å²) in [5.74, 6) is 2.77. The maximum absolute atomic E-state index is 12.2. The third-order valence-electron chi connectivity index (χ3n) is 3.60. The fourth-order valence-corrected chi connectivity index (χ4v) is 3.18. The molecular weight excluding hydrogens is 306 g/mol. The highest BCUT2D eigenvalue weighted by molar-refractivity contribution is 7.98. The van der Waals surface area contributed by atoms with Crippen molar-refractivity contribution in [1.82, 2.24) is 4.90 Å². The SMILES string of the molecule is COc1ccccc1CN(C)C(=O)CCSCc1ccccc1. The summed E-state index contributed by atoms with van der Waals surface area (Å²) in [5, 5.41) is 0. The largest absolute Gasteiger partial charge is 0.496 e. The zero-order valence-corrected chi connectivity index (χ0v) is 14.5. The number of hydrogen-bond acceptors (Lipinski definition) is 3. The van der Waals surface area contributed by atoms with Gasteiger partial charge in [0, 0.05) is 37.1 Å². The summed E-state index contributed by atoms with van der Waals surface area (Å²) in [7, 11) is 3.50. The Kier molecular flexibility index (Phi) is 7.01. The molecule has 0 heterocycles. The fourth-order valence-electron chi connectivity index (χ4n) is 2.29. The van der Waals surface area contributed by atoms with Crippen LogP contribution in [0.5, 0.6) is 5.75 Å². The number of para-hydroxylation sites is 1. The number of carbonyl (C=O) groups excluding carboxylic acids is 1. The number of rotatable bonds is 8. The molecule has 2 aromatic rings. The zero-order valence-electron chi connectivity index (χ0n) is 13.7. The van der Waals surface area contributed by atoms with Crippen LogP contribution in [0.1, 0.15) is 17.5 Å². The molecule has 2 rings (SSSR count). The van der Waals surface area contributed by atoms with E-state index >= 15 is 0 Å². The number of nitrogens with zero attached hydrogens (tertiary/aromatic N) is 1. The van der Waals surface area contributed by atoms with Crippen LogP contribution in [0.3, 0.4) is 0 Å². The second-order valence-corrected chi connectivity index (χ2v) is 6.46. The summed E-state index contributed by atoms with van der Waals surface area (Å²) in [4.78, 5) is 14.0. The maximum Gasteiger partial charge on any atom is 0.223 e. The average molecular weight is 329 g/mol. The molecule has 0 aliphatic carbocycles. The number of hydrogen-bond donors (Lipinski definition) is 0. The molecule has 0 saturated carbocycles. The zero-order chi connectivity index (χ0) is 16.5. The molecule has 0 aliphatic heterocycles. The van der Waals surface area contributed by atoms with Crippen LogP contribution in [0.4, 0.5) is 0 Å². The quantitative estimate of drug-likeness (QED) is 0.686. The van der Waals surface area contributed by atoms with E-state index in [1.165, 1.54) is 5.56 Å². The Hall–Kier alpha value is -1.94. The highest BCUT2D eigenvalue weighted by Gasteiger charge is 2.11. The molecule has 122 valence electrons. The van der Waals surface area contributed by atoms with E-state index < -0.39 is 0 Å². The van der Waals surface area contributed by atoms with E-state index in [-0.39, 0.29) is 5.91 Å². The van der Waals surface area contributed by atoms with Crippen molar-refractivity contribution in [3.05, 3.63) is 65.7 Å². The first-order chi connectivity index (χ1) is 11.2. The number of amides is 1. The minimum Gasteiger partial charge on any atom is -0.496 e. The molecule has 0 aromatic heterocycles. The van der Waals surface area contributed by atoms with Crippen LogP contribution in [0.25, 0.3) is 0 Å². The van der Waals surface area contributed by atoms with Crippen LogP contribution in [0.2, 0.25) is 0 Å². The third kappa shape index (κ3) is 5.64. The second kappa shape index (κ2) is 9.26. The Labute approximate surface area is 142 Å². The molecule has 0 unspecified atom stereocenters. The van der Waals surface area contributed by atoms with Crippen molar-refractivity contribution >= 4 is 17.7 Å². The van der Waals surface area contributed by atoms with E-state index in [0.29, 0.717) is 13.0 Å². The summed E-state index contributed by atoms with van der Waals surface area (Å²) < 4.78 is 5.33. The lowest BCUT2D eigenvalue weighted by Gasteiger charge is -2.18. The summed E-state index contributed by atoms with van der Waals surface area (Å²) >= 11 is 1.79. The molecule has 0 N–H and O–H groups in total. The normalized spacial score (nSPS) is 10.3. The Morgan fingerprint density at radius 1 is 1.09 bits per heavy atom. The summed E-state index contributed by atoms with van der Waals surface area (Å²) in [5.41, 5.74) is 2.33. The molecule has 1 amide bonds. The van der Waals surface area contributed by atoms with E-state index in [1.54, 1.807) is 23.8 Å². The van der Waals surface area contributed by atoms with Crippen LogP contribution >= 0.6 is 11.8 Å². The molecule has 0 bridgehead atoms. The van der Waals surface area contributed by atoms with Gasteiger partial charge in [0.25, 0.3) is 0 Å². The van der Waals surface area contributed by atoms with Crippen LogP contribution in [-0.2, 0) is 17.1 Å². The number of benzene rings is 2. The summed E-state index contributed by atoms with van der Waals surface area (Å²) in [6.45, 7) is 0.576. The number of thioether (sulfide) groups is 1. The van der Waals surface area contributed by atoms with Crippen LogP contribution in [0.15, 0.2) is 54.6 Å². The summed E-state index contributed by atoms with van der Waals surface area (Å²) in [6.07, 6.45) is 0.559. The summed E-state index contributed by atoms with van der Waals surface area (Å²) in [6, 6.07) is 18.1. The van der Waals surface area contributed by atoms with Gasteiger partial charge in [-0.15, -0.1) is 0 Å². The molecule has 4 heteroatoms. The van der Waals surface area contributed by atoms with Crippen molar-refractivity contribution in [1.29, 1.82) is 0 Å². The van der Waals surface area contributed by atoms with E-state index in [9.17, 15) is 4.79 Å². The molecular formula is C19H23NO2S. The predicted octanol–water partition coefficient (Wildman–Crippen LogP) is 3.98. The van der Waals surface area contributed by atoms with E-state index in [4.69, 9.17) is 4.74 Å². The maximum atomic E-state index is 12.2. The van der Waals surface area contributed by atoms with Crippen molar-refractivity contribution in [2.45, 2.75) is 18.7 Å². The smallest absolute Gasteiger partial charge is 0.223 e. The van der Waals surface area contributed by atoms with Gasteiger partial charge in [-0.1, -0.05) is 48.5 Å². The first-order valence-electron chi connectivity index (χ1n) is 7.68. The molecule has 0 radical (unpaired) electrons. The Bertz CT molecular complexity index is 616. The first kappa shape index (κ1) is 17.4. The Morgan fingerprint density at radius 3 is 2.52 bits per heavy atom.